The molecule has 1 aliphatic carbocycles. The second kappa shape index (κ2) is 3.14. The molecule has 1 saturated carbocycles. The van der Waals surface area contributed by atoms with E-state index in [2.05, 4.69) is 23.5 Å². The maximum absolute atomic E-state index is 4.14. The van der Waals surface area contributed by atoms with Gasteiger partial charge in [-0.25, -0.2) is 0 Å². The molecule has 13 heavy (non-hydrogen) atoms. The average molecular weight is 179 g/mol. The van der Waals surface area contributed by atoms with Gasteiger partial charge in [0.1, 0.15) is 0 Å². The molecule has 0 aliphatic heterocycles. The molecule has 2 rings (SSSR count). The van der Waals surface area contributed by atoms with Crippen molar-refractivity contribution in [3.05, 3.63) is 18.0 Å². The fraction of sp³-hybridized carbons (Fsp3) is 0.700. The van der Waals surface area contributed by atoms with Crippen LogP contribution in [-0.2, 0) is 13.5 Å². The van der Waals surface area contributed by atoms with E-state index in [0.717, 1.165) is 13.0 Å². The van der Waals surface area contributed by atoms with Gasteiger partial charge in [-0.3, -0.25) is 4.68 Å². The van der Waals surface area contributed by atoms with E-state index in [4.69, 9.17) is 0 Å². The van der Waals surface area contributed by atoms with Gasteiger partial charge in [-0.1, -0.05) is 0 Å². The van der Waals surface area contributed by atoms with E-state index < -0.39 is 0 Å². The van der Waals surface area contributed by atoms with Crippen LogP contribution in [-0.4, -0.2) is 21.9 Å². The van der Waals surface area contributed by atoms with E-state index in [1.165, 1.54) is 18.4 Å². The molecule has 72 valence electrons. The Balaban J connectivity index is 1.73. The second-order valence-corrected chi connectivity index (χ2v) is 4.26. The molecular formula is C10H17N3. The zero-order valence-electron chi connectivity index (χ0n) is 8.38. The van der Waals surface area contributed by atoms with Crippen LogP contribution in [0.1, 0.15) is 25.3 Å². The largest absolute Gasteiger partial charge is 0.311 e. The summed E-state index contributed by atoms with van der Waals surface area (Å²) in [5.74, 6) is 0. The Morgan fingerprint density at radius 3 is 2.92 bits per heavy atom. The van der Waals surface area contributed by atoms with E-state index in [-0.39, 0.29) is 0 Å². The van der Waals surface area contributed by atoms with Crippen molar-refractivity contribution >= 4 is 0 Å². The Morgan fingerprint density at radius 1 is 1.62 bits per heavy atom. The quantitative estimate of drug-likeness (QED) is 0.750. The molecule has 1 N–H and O–H groups in total. The van der Waals surface area contributed by atoms with Crippen LogP contribution in [0.3, 0.4) is 0 Å². The van der Waals surface area contributed by atoms with Gasteiger partial charge in [-0.2, -0.15) is 5.10 Å². The maximum Gasteiger partial charge on any atom is 0.0522 e. The van der Waals surface area contributed by atoms with Crippen LogP contribution in [0.25, 0.3) is 0 Å². The lowest BCUT2D eigenvalue weighted by molar-refractivity contribution is 0.541. The molecule has 0 saturated heterocycles. The Labute approximate surface area is 79.1 Å². The summed E-state index contributed by atoms with van der Waals surface area (Å²) in [6, 6.07) is 0. The zero-order valence-corrected chi connectivity index (χ0v) is 8.38. The summed E-state index contributed by atoms with van der Waals surface area (Å²) < 4.78 is 1.86. The van der Waals surface area contributed by atoms with E-state index in [0.29, 0.717) is 5.54 Å². The van der Waals surface area contributed by atoms with Gasteiger partial charge in [0.25, 0.3) is 0 Å². The normalized spacial score (nSPS) is 18.9. The van der Waals surface area contributed by atoms with Crippen molar-refractivity contribution < 1.29 is 0 Å². The molecule has 1 aromatic heterocycles. The van der Waals surface area contributed by atoms with Gasteiger partial charge in [-0.05, 0) is 38.3 Å². The number of nitrogens with one attached hydrogen (secondary N) is 1. The molecule has 1 fully saturated rings. The highest BCUT2D eigenvalue weighted by Crippen LogP contribution is 2.33. The molecular weight excluding hydrogens is 162 g/mol. The summed E-state index contributed by atoms with van der Waals surface area (Å²) in [5, 5.41) is 7.69. The molecule has 3 nitrogen and oxygen atoms in total. The van der Waals surface area contributed by atoms with E-state index in [1.807, 2.05) is 17.9 Å². The second-order valence-electron chi connectivity index (χ2n) is 4.26. The smallest absolute Gasteiger partial charge is 0.0522 e. The first kappa shape index (κ1) is 8.75. The lowest BCUT2D eigenvalue weighted by Crippen LogP contribution is -2.29. The Kier molecular flexibility index (Phi) is 2.12. The third-order valence-electron chi connectivity index (χ3n) is 2.72. The van der Waals surface area contributed by atoms with Crippen molar-refractivity contribution in [3.8, 4) is 0 Å². The molecule has 3 heteroatoms. The maximum atomic E-state index is 4.14. The minimum atomic E-state index is 0.461. The summed E-state index contributed by atoms with van der Waals surface area (Å²) >= 11 is 0. The molecule has 0 bridgehead atoms. The highest BCUT2D eigenvalue weighted by atomic mass is 15.2. The van der Waals surface area contributed by atoms with Crippen LogP contribution in [0, 0.1) is 0 Å². The number of rotatable bonds is 4. The first-order valence-electron chi connectivity index (χ1n) is 4.91. The van der Waals surface area contributed by atoms with Crippen molar-refractivity contribution in [2.75, 3.05) is 6.54 Å². The first-order chi connectivity index (χ1) is 6.18. The lowest BCUT2D eigenvalue weighted by atomic mass is 10.2. The molecule has 1 aliphatic rings. The minimum Gasteiger partial charge on any atom is -0.311 e. The number of aryl methyl sites for hydroxylation is 1. The number of nitrogens with zero attached hydrogens (tertiary/aromatic N) is 2. The summed E-state index contributed by atoms with van der Waals surface area (Å²) in [4.78, 5) is 0. The number of aromatic nitrogens is 2. The van der Waals surface area contributed by atoms with Gasteiger partial charge in [-0.15, -0.1) is 0 Å². The Morgan fingerprint density at radius 2 is 2.38 bits per heavy atom. The Bertz CT molecular complexity index is 286. The van der Waals surface area contributed by atoms with E-state index in [1.54, 1.807) is 0 Å². The number of hydrogen-bond acceptors (Lipinski definition) is 2. The van der Waals surface area contributed by atoms with Crippen LogP contribution in [0.15, 0.2) is 12.4 Å². The third kappa shape index (κ3) is 2.31. The van der Waals surface area contributed by atoms with Gasteiger partial charge in [0, 0.05) is 18.8 Å². The zero-order chi connectivity index (χ0) is 9.31. The predicted octanol–water partition coefficient (Wildman–Crippen LogP) is 1.10. The Hall–Kier alpha value is -0.830. The van der Waals surface area contributed by atoms with Crippen LogP contribution in [0.5, 0.6) is 0 Å². The molecule has 0 unspecified atom stereocenters. The van der Waals surface area contributed by atoms with E-state index >= 15 is 0 Å². The van der Waals surface area contributed by atoms with Gasteiger partial charge < -0.3 is 5.32 Å². The van der Waals surface area contributed by atoms with Crippen molar-refractivity contribution in [2.24, 2.45) is 7.05 Å². The highest BCUT2D eigenvalue weighted by Gasteiger charge is 2.35. The molecule has 1 aromatic rings. The summed E-state index contributed by atoms with van der Waals surface area (Å²) in [6.45, 7) is 3.36. The van der Waals surface area contributed by atoms with Crippen LogP contribution >= 0.6 is 0 Å². The van der Waals surface area contributed by atoms with Gasteiger partial charge in [0.05, 0.1) is 6.20 Å². The highest BCUT2D eigenvalue weighted by molar-refractivity contribution is 5.05. The minimum absolute atomic E-state index is 0.461. The van der Waals surface area contributed by atoms with E-state index in [9.17, 15) is 0 Å². The fourth-order valence-corrected chi connectivity index (χ4v) is 1.47. The van der Waals surface area contributed by atoms with Crippen molar-refractivity contribution in [1.29, 1.82) is 0 Å². The van der Waals surface area contributed by atoms with Crippen molar-refractivity contribution in [2.45, 2.75) is 31.7 Å². The van der Waals surface area contributed by atoms with Crippen molar-refractivity contribution in [1.82, 2.24) is 15.1 Å². The van der Waals surface area contributed by atoms with Crippen LogP contribution in [0.2, 0.25) is 0 Å². The third-order valence-corrected chi connectivity index (χ3v) is 2.72. The monoisotopic (exact) mass is 179 g/mol. The van der Waals surface area contributed by atoms with Gasteiger partial charge in [0.15, 0.2) is 0 Å². The lowest BCUT2D eigenvalue weighted by Gasteiger charge is -2.09. The molecule has 0 amide bonds. The molecule has 0 radical (unpaired) electrons. The van der Waals surface area contributed by atoms with Crippen LogP contribution in [0.4, 0.5) is 0 Å². The van der Waals surface area contributed by atoms with Crippen molar-refractivity contribution in [3.63, 3.8) is 0 Å². The summed E-state index contributed by atoms with van der Waals surface area (Å²) in [7, 11) is 1.96. The molecule has 0 spiro atoms. The van der Waals surface area contributed by atoms with Gasteiger partial charge in [0.2, 0.25) is 0 Å². The standard InChI is InChI=1S/C10H17N3/c1-10(4-5-10)11-6-3-9-7-12-13(2)8-9/h7-8,11H,3-6H2,1-2H3. The van der Waals surface area contributed by atoms with Gasteiger partial charge >= 0.3 is 0 Å². The molecule has 0 atom stereocenters. The SMILES string of the molecule is Cn1cc(CCNC2(C)CC2)cn1. The topological polar surface area (TPSA) is 29.9 Å². The predicted molar refractivity (Wildman–Crippen MR) is 52.6 cm³/mol. The molecule has 1 heterocycles. The van der Waals surface area contributed by atoms with Crippen LogP contribution < -0.4 is 5.32 Å². The number of hydrogen-bond donors (Lipinski definition) is 1. The summed E-state index contributed by atoms with van der Waals surface area (Å²) in [6.07, 6.45) is 7.78. The average Bonchev–Trinajstić information content (AvgIpc) is 2.65. The summed E-state index contributed by atoms with van der Waals surface area (Å²) in [5.41, 5.74) is 1.78. The molecule has 0 aromatic carbocycles. The first-order valence-corrected chi connectivity index (χ1v) is 4.91. The fourth-order valence-electron chi connectivity index (χ4n) is 1.47.